The maximum Gasteiger partial charge on any atom is 0.407 e. The largest absolute Gasteiger partial charge is 0.465 e. The molecule has 1 aromatic rings. The van der Waals surface area contributed by atoms with Gasteiger partial charge in [-0.2, -0.15) is 0 Å². The molecule has 0 bridgehead atoms. The summed E-state index contributed by atoms with van der Waals surface area (Å²) in [5.74, 6) is 0.398. The minimum atomic E-state index is -0.840. The Labute approximate surface area is 131 Å². The lowest BCUT2D eigenvalue weighted by atomic mass is 9.94. The summed E-state index contributed by atoms with van der Waals surface area (Å²) < 4.78 is 0. The van der Waals surface area contributed by atoms with Gasteiger partial charge in [-0.25, -0.2) is 4.79 Å². The third kappa shape index (κ3) is 3.81. The molecule has 2 heterocycles. The number of aromatic nitrogens is 1. The van der Waals surface area contributed by atoms with Crippen molar-refractivity contribution in [2.24, 2.45) is 5.92 Å². The fourth-order valence-electron chi connectivity index (χ4n) is 2.94. The molecule has 0 aliphatic carbocycles. The molecular weight excluding hydrogens is 280 g/mol. The standard InChI is InChI=1S/C16H26N4O2/c1-16(2,3)20(15(21)22)11-12-5-8-19(9-6-12)14-4-7-18-10-13(14)17/h4,7,10,12H,5-6,8-9,11,17H2,1-3H3,(H,21,22). The molecule has 2 rings (SSSR count). The molecule has 6 nitrogen and oxygen atoms in total. The summed E-state index contributed by atoms with van der Waals surface area (Å²) in [4.78, 5) is 19.3. The highest BCUT2D eigenvalue weighted by Crippen LogP contribution is 2.28. The Bertz CT molecular complexity index is 519. The van der Waals surface area contributed by atoms with Gasteiger partial charge in [-0.3, -0.25) is 4.98 Å². The number of nitrogen functional groups attached to an aromatic ring is 1. The topological polar surface area (TPSA) is 82.7 Å². The van der Waals surface area contributed by atoms with Crippen LogP contribution in [0.2, 0.25) is 0 Å². The second kappa shape index (κ2) is 6.42. The van der Waals surface area contributed by atoms with Crippen molar-refractivity contribution in [2.75, 3.05) is 30.3 Å². The predicted octanol–water partition coefficient (Wildman–Crippen LogP) is 2.66. The maximum absolute atomic E-state index is 11.4. The van der Waals surface area contributed by atoms with E-state index in [2.05, 4.69) is 9.88 Å². The van der Waals surface area contributed by atoms with Crippen molar-refractivity contribution in [3.63, 3.8) is 0 Å². The van der Waals surface area contributed by atoms with Gasteiger partial charge in [-0.1, -0.05) is 0 Å². The normalized spacial score (nSPS) is 16.6. The van der Waals surface area contributed by atoms with Crippen molar-refractivity contribution in [1.29, 1.82) is 0 Å². The first-order chi connectivity index (χ1) is 10.3. The lowest BCUT2D eigenvalue weighted by Gasteiger charge is -2.39. The Kier molecular flexibility index (Phi) is 4.78. The predicted molar refractivity (Wildman–Crippen MR) is 88.1 cm³/mol. The molecule has 0 unspecified atom stereocenters. The van der Waals surface area contributed by atoms with Crippen LogP contribution in [-0.2, 0) is 0 Å². The zero-order valence-electron chi connectivity index (χ0n) is 13.6. The first-order valence-electron chi connectivity index (χ1n) is 7.74. The van der Waals surface area contributed by atoms with Gasteiger partial charge in [0.1, 0.15) is 0 Å². The first-order valence-corrected chi connectivity index (χ1v) is 7.74. The van der Waals surface area contributed by atoms with E-state index in [1.165, 1.54) is 0 Å². The SMILES string of the molecule is CC(C)(C)N(CC1CCN(c2ccncc2N)CC1)C(=O)O. The number of nitrogens with zero attached hydrogens (tertiary/aromatic N) is 3. The number of carboxylic acid groups (broad SMARTS) is 1. The van der Waals surface area contributed by atoms with Crippen molar-refractivity contribution in [1.82, 2.24) is 9.88 Å². The lowest BCUT2D eigenvalue weighted by molar-refractivity contribution is 0.0852. The molecule has 122 valence electrons. The zero-order chi connectivity index (χ0) is 16.3. The third-order valence-corrected chi connectivity index (χ3v) is 4.26. The second-order valence-corrected chi connectivity index (χ2v) is 6.93. The van der Waals surface area contributed by atoms with Crippen LogP contribution in [0.15, 0.2) is 18.5 Å². The lowest BCUT2D eigenvalue weighted by Crippen LogP contribution is -2.49. The van der Waals surface area contributed by atoms with Gasteiger partial charge in [0, 0.05) is 31.4 Å². The summed E-state index contributed by atoms with van der Waals surface area (Å²) in [6.07, 6.45) is 4.54. The van der Waals surface area contributed by atoms with E-state index >= 15 is 0 Å². The molecule has 1 aliphatic heterocycles. The quantitative estimate of drug-likeness (QED) is 0.897. The molecule has 0 aromatic carbocycles. The maximum atomic E-state index is 11.4. The molecule has 6 heteroatoms. The molecular formula is C16H26N4O2. The molecule has 1 amide bonds. The van der Waals surface area contributed by atoms with Crippen LogP contribution in [0, 0.1) is 5.92 Å². The number of nitrogens with two attached hydrogens (primary N) is 1. The Morgan fingerprint density at radius 1 is 1.45 bits per heavy atom. The Balaban J connectivity index is 1.95. The van der Waals surface area contributed by atoms with E-state index in [0.29, 0.717) is 18.2 Å². The molecule has 0 radical (unpaired) electrons. The molecule has 0 spiro atoms. The molecule has 0 saturated carbocycles. The molecule has 3 N–H and O–H groups in total. The van der Waals surface area contributed by atoms with Gasteiger partial charge in [0.15, 0.2) is 0 Å². The number of hydrogen-bond donors (Lipinski definition) is 2. The molecule has 0 atom stereocenters. The van der Waals surface area contributed by atoms with Crippen molar-refractivity contribution in [2.45, 2.75) is 39.2 Å². The highest BCUT2D eigenvalue weighted by Gasteiger charge is 2.30. The number of rotatable bonds is 3. The smallest absolute Gasteiger partial charge is 0.407 e. The zero-order valence-corrected chi connectivity index (χ0v) is 13.6. The summed E-state index contributed by atoms with van der Waals surface area (Å²) in [6, 6.07) is 1.94. The van der Waals surface area contributed by atoms with Crippen LogP contribution in [0.5, 0.6) is 0 Å². The van der Waals surface area contributed by atoms with E-state index < -0.39 is 6.09 Å². The van der Waals surface area contributed by atoms with Gasteiger partial charge in [-0.05, 0) is 45.6 Å². The van der Waals surface area contributed by atoms with Crippen LogP contribution in [0.4, 0.5) is 16.2 Å². The van der Waals surface area contributed by atoms with E-state index in [1.54, 1.807) is 17.3 Å². The van der Waals surface area contributed by atoms with Gasteiger partial charge in [0.05, 0.1) is 17.6 Å². The van der Waals surface area contributed by atoms with Crippen LogP contribution in [0.25, 0.3) is 0 Å². The summed E-state index contributed by atoms with van der Waals surface area (Å²) >= 11 is 0. The van der Waals surface area contributed by atoms with Crippen LogP contribution in [-0.4, -0.2) is 46.3 Å². The van der Waals surface area contributed by atoms with Crippen LogP contribution in [0.3, 0.4) is 0 Å². The average Bonchev–Trinajstić information content (AvgIpc) is 2.44. The van der Waals surface area contributed by atoms with E-state index in [1.807, 2.05) is 26.8 Å². The van der Waals surface area contributed by atoms with Crippen molar-refractivity contribution < 1.29 is 9.90 Å². The highest BCUT2D eigenvalue weighted by atomic mass is 16.4. The number of carbonyl (C=O) groups is 1. The van der Waals surface area contributed by atoms with Crippen molar-refractivity contribution in [3.05, 3.63) is 18.5 Å². The summed E-state index contributed by atoms with van der Waals surface area (Å²) in [5.41, 5.74) is 7.34. The number of hydrogen-bond acceptors (Lipinski definition) is 4. The average molecular weight is 306 g/mol. The van der Waals surface area contributed by atoms with Gasteiger partial charge < -0.3 is 20.6 Å². The van der Waals surface area contributed by atoms with Crippen LogP contribution < -0.4 is 10.6 Å². The molecule has 1 fully saturated rings. The van der Waals surface area contributed by atoms with Crippen LogP contribution in [0.1, 0.15) is 33.6 Å². The van der Waals surface area contributed by atoms with E-state index in [-0.39, 0.29) is 5.54 Å². The number of anilines is 2. The van der Waals surface area contributed by atoms with Crippen LogP contribution >= 0.6 is 0 Å². The Hall–Kier alpha value is -1.98. The van der Waals surface area contributed by atoms with Gasteiger partial charge >= 0.3 is 6.09 Å². The van der Waals surface area contributed by atoms with Crippen molar-refractivity contribution >= 4 is 17.5 Å². The monoisotopic (exact) mass is 306 g/mol. The number of pyridine rings is 1. The molecule has 22 heavy (non-hydrogen) atoms. The fraction of sp³-hybridized carbons (Fsp3) is 0.625. The summed E-state index contributed by atoms with van der Waals surface area (Å²) in [6.45, 7) is 8.21. The highest BCUT2D eigenvalue weighted by molar-refractivity contribution is 5.66. The van der Waals surface area contributed by atoms with Gasteiger partial charge in [0.25, 0.3) is 0 Å². The van der Waals surface area contributed by atoms with Gasteiger partial charge in [0.2, 0.25) is 0 Å². The Morgan fingerprint density at radius 3 is 2.59 bits per heavy atom. The second-order valence-electron chi connectivity index (χ2n) is 6.93. The number of piperidine rings is 1. The molecule has 1 aliphatic rings. The minimum Gasteiger partial charge on any atom is -0.465 e. The van der Waals surface area contributed by atoms with Gasteiger partial charge in [-0.15, -0.1) is 0 Å². The van der Waals surface area contributed by atoms with E-state index in [0.717, 1.165) is 31.6 Å². The summed E-state index contributed by atoms with van der Waals surface area (Å²) in [7, 11) is 0. The van der Waals surface area contributed by atoms with E-state index in [4.69, 9.17) is 5.73 Å². The molecule has 1 saturated heterocycles. The third-order valence-electron chi connectivity index (χ3n) is 4.26. The van der Waals surface area contributed by atoms with Crippen molar-refractivity contribution in [3.8, 4) is 0 Å². The fourth-order valence-corrected chi connectivity index (χ4v) is 2.94. The Morgan fingerprint density at radius 2 is 2.09 bits per heavy atom. The molecule has 1 aromatic heterocycles. The first kappa shape index (κ1) is 16.4. The minimum absolute atomic E-state index is 0.363. The number of amides is 1. The summed E-state index contributed by atoms with van der Waals surface area (Å²) in [5, 5.41) is 9.40. The van der Waals surface area contributed by atoms with E-state index in [9.17, 15) is 9.90 Å².